The zero-order chi connectivity index (χ0) is 18.7. The number of carbonyl (C=O) groups excluding carboxylic acids is 1. The normalized spacial score (nSPS) is 12.1. The van der Waals surface area contributed by atoms with Gasteiger partial charge in [0.1, 0.15) is 6.54 Å². The lowest BCUT2D eigenvalue weighted by Crippen LogP contribution is -2.45. The Hall–Kier alpha value is -0.710. The van der Waals surface area contributed by atoms with Crippen molar-refractivity contribution in [1.82, 2.24) is 15.5 Å². The number of nitrogens with zero attached hydrogens (tertiary/aromatic N) is 2. The number of carbonyl (C=O) groups is 1. The molecule has 0 aromatic heterocycles. The molecular formula is C17H28ClIN4O2S. The fraction of sp³-hybridized carbons (Fsp3) is 0.529. The van der Waals surface area contributed by atoms with Gasteiger partial charge in [0.15, 0.2) is 5.96 Å². The van der Waals surface area contributed by atoms with Gasteiger partial charge in [-0.15, -0.1) is 35.7 Å². The highest BCUT2D eigenvalue weighted by atomic mass is 127. The van der Waals surface area contributed by atoms with Crippen molar-refractivity contribution in [1.29, 1.82) is 0 Å². The van der Waals surface area contributed by atoms with E-state index in [2.05, 4.69) is 15.6 Å². The SMILES string of the molecule is COCC(C)NC(=NCC(=O)N(C)C)NCCSc1ccc(Cl)cc1.I. The summed E-state index contributed by atoms with van der Waals surface area (Å²) in [6.45, 7) is 3.38. The van der Waals surface area contributed by atoms with Crippen LogP contribution >= 0.6 is 47.3 Å². The first-order valence-corrected chi connectivity index (χ1v) is 9.41. The molecule has 9 heteroatoms. The number of benzene rings is 1. The molecular weight excluding hydrogens is 487 g/mol. The van der Waals surface area contributed by atoms with E-state index < -0.39 is 0 Å². The predicted octanol–water partition coefficient (Wildman–Crippen LogP) is 2.71. The van der Waals surface area contributed by atoms with E-state index in [1.165, 1.54) is 4.90 Å². The first-order chi connectivity index (χ1) is 11.9. The molecule has 6 nitrogen and oxygen atoms in total. The van der Waals surface area contributed by atoms with Crippen LogP contribution in [0.4, 0.5) is 0 Å². The quantitative estimate of drug-likeness (QED) is 0.174. The minimum Gasteiger partial charge on any atom is -0.383 e. The van der Waals surface area contributed by atoms with Crippen LogP contribution in [0.15, 0.2) is 34.2 Å². The maximum absolute atomic E-state index is 11.7. The first-order valence-electron chi connectivity index (χ1n) is 8.04. The lowest BCUT2D eigenvalue weighted by molar-refractivity contribution is -0.127. The summed E-state index contributed by atoms with van der Waals surface area (Å²) < 4.78 is 5.13. The van der Waals surface area contributed by atoms with E-state index in [1.807, 2.05) is 31.2 Å². The topological polar surface area (TPSA) is 66.0 Å². The molecule has 1 aromatic carbocycles. The second-order valence-electron chi connectivity index (χ2n) is 5.68. The van der Waals surface area contributed by atoms with Crippen molar-refractivity contribution in [3.8, 4) is 0 Å². The number of ether oxygens (including phenoxy) is 1. The molecule has 148 valence electrons. The van der Waals surface area contributed by atoms with Crippen LogP contribution < -0.4 is 10.6 Å². The Balaban J connectivity index is 0.00000625. The molecule has 0 spiro atoms. The molecule has 0 fully saturated rings. The van der Waals surface area contributed by atoms with Crippen LogP contribution in [0.1, 0.15) is 6.92 Å². The summed E-state index contributed by atoms with van der Waals surface area (Å²) >= 11 is 7.61. The number of halogens is 2. The van der Waals surface area contributed by atoms with Crippen molar-refractivity contribution in [2.75, 3.05) is 46.7 Å². The Bertz CT molecular complexity index is 558. The third-order valence-electron chi connectivity index (χ3n) is 3.15. The minimum absolute atomic E-state index is 0. The van der Waals surface area contributed by atoms with E-state index in [1.54, 1.807) is 33.0 Å². The Morgan fingerprint density at radius 2 is 2.00 bits per heavy atom. The fourth-order valence-corrected chi connectivity index (χ4v) is 2.73. The van der Waals surface area contributed by atoms with Gasteiger partial charge in [0, 0.05) is 49.5 Å². The van der Waals surface area contributed by atoms with Gasteiger partial charge in [-0.3, -0.25) is 4.79 Å². The predicted molar refractivity (Wildman–Crippen MR) is 121 cm³/mol. The molecule has 0 saturated heterocycles. The highest BCUT2D eigenvalue weighted by Gasteiger charge is 2.07. The molecule has 0 saturated carbocycles. The van der Waals surface area contributed by atoms with Gasteiger partial charge in [0.05, 0.1) is 6.61 Å². The molecule has 0 aliphatic heterocycles. The molecule has 2 N–H and O–H groups in total. The molecule has 1 atom stereocenters. The van der Waals surface area contributed by atoms with Gasteiger partial charge in [0.25, 0.3) is 0 Å². The number of guanidine groups is 1. The van der Waals surface area contributed by atoms with Crippen LogP contribution in [-0.2, 0) is 9.53 Å². The maximum Gasteiger partial charge on any atom is 0.243 e. The molecule has 0 aliphatic carbocycles. The Morgan fingerprint density at radius 1 is 1.35 bits per heavy atom. The van der Waals surface area contributed by atoms with Crippen molar-refractivity contribution >= 4 is 59.2 Å². The summed E-state index contributed by atoms with van der Waals surface area (Å²) in [5.41, 5.74) is 0. The van der Waals surface area contributed by atoms with Crippen molar-refractivity contribution in [2.24, 2.45) is 4.99 Å². The van der Waals surface area contributed by atoms with Gasteiger partial charge in [0.2, 0.25) is 5.91 Å². The molecule has 0 aliphatic rings. The molecule has 1 unspecified atom stereocenters. The first kappa shape index (κ1) is 25.3. The van der Waals surface area contributed by atoms with Crippen LogP contribution in [0.3, 0.4) is 0 Å². The van der Waals surface area contributed by atoms with E-state index in [0.717, 1.165) is 22.2 Å². The standard InChI is InChI=1S/C17H27ClN4O2S.HI/c1-13(12-24-4)21-17(20-11-16(23)22(2)3)19-9-10-25-15-7-5-14(18)6-8-15;/h5-8,13H,9-12H2,1-4H3,(H2,19,20,21);1H. The molecule has 0 heterocycles. The van der Waals surface area contributed by atoms with Crippen LogP contribution in [0.2, 0.25) is 5.02 Å². The van der Waals surface area contributed by atoms with Crippen molar-refractivity contribution in [3.05, 3.63) is 29.3 Å². The fourth-order valence-electron chi connectivity index (χ4n) is 1.83. The lowest BCUT2D eigenvalue weighted by atomic mass is 10.4. The molecule has 1 aromatic rings. The summed E-state index contributed by atoms with van der Waals surface area (Å²) in [6, 6.07) is 7.85. The van der Waals surface area contributed by atoms with Crippen LogP contribution in [0.25, 0.3) is 0 Å². The number of aliphatic imine (C=N–C) groups is 1. The molecule has 0 radical (unpaired) electrons. The monoisotopic (exact) mass is 514 g/mol. The molecule has 0 bridgehead atoms. The Morgan fingerprint density at radius 3 is 2.58 bits per heavy atom. The smallest absolute Gasteiger partial charge is 0.243 e. The summed E-state index contributed by atoms with van der Waals surface area (Å²) in [5.74, 6) is 1.43. The van der Waals surface area contributed by atoms with Gasteiger partial charge in [-0.25, -0.2) is 4.99 Å². The zero-order valence-corrected chi connectivity index (χ0v) is 19.5. The number of likely N-dealkylation sites (N-methyl/N-ethyl adjacent to an activating group) is 1. The third kappa shape index (κ3) is 11.1. The van der Waals surface area contributed by atoms with E-state index in [9.17, 15) is 4.79 Å². The van der Waals surface area contributed by atoms with E-state index in [4.69, 9.17) is 16.3 Å². The average molecular weight is 515 g/mol. The van der Waals surface area contributed by atoms with Crippen LogP contribution in [0, 0.1) is 0 Å². The number of thioether (sulfide) groups is 1. The zero-order valence-electron chi connectivity index (χ0n) is 15.6. The molecule has 1 rings (SSSR count). The second-order valence-corrected chi connectivity index (χ2v) is 7.29. The van der Waals surface area contributed by atoms with Gasteiger partial charge >= 0.3 is 0 Å². The number of methoxy groups -OCH3 is 1. The van der Waals surface area contributed by atoms with Crippen molar-refractivity contribution < 1.29 is 9.53 Å². The largest absolute Gasteiger partial charge is 0.383 e. The number of rotatable bonds is 9. The van der Waals surface area contributed by atoms with Crippen LogP contribution in [-0.4, -0.2) is 69.5 Å². The van der Waals surface area contributed by atoms with Crippen molar-refractivity contribution in [2.45, 2.75) is 17.9 Å². The number of nitrogens with one attached hydrogen (secondary N) is 2. The highest BCUT2D eigenvalue weighted by Crippen LogP contribution is 2.19. The minimum atomic E-state index is -0.0453. The highest BCUT2D eigenvalue weighted by molar-refractivity contribution is 14.0. The number of hydrogen-bond donors (Lipinski definition) is 2. The molecule has 26 heavy (non-hydrogen) atoms. The van der Waals surface area contributed by atoms with Crippen LogP contribution in [0.5, 0.6) is 0 Å². The second kappa shape index (κ2) is 14.4. The number of amides is 1. The Labute approximate surface area is 182 Å². The summed E-state index contributed by atoms with van der Waals surface area (Å²) in [6.07, 6.45) is 0. The van der Waals surface area contributed by atoms with Gasteiger partial charge in [-0.05, 0) is 31.2 Å². The van der Waals surface area contributed by atoms with Gasteiger partial charge in [-0.2, -0.15) is 0 Å². The van der Waals surface area contributed by atoms with E-state index >= 15 is 0 Å². The lowest BCUT2D eigenvalue weighted by Gasteiger charge is -2.18. The van der Waals surface area contributed by atoms with E-state index in [0.29, 0.717) is 12.6 Å². The van der Waals surface area contributed by atoms with Crippen molar-refractivity contribution in [3.63, 3.8) is 0 Å². The van der Waals surface area contributed by atoms with Gasteiger partial charge < -0.3 is 20.3 Å². The number of hydrogen-bond acceptors (Lipinski definition) is 4. The Kier molecular flexibility index (Phi) is 14.0. The van der Waals surface area contributed by atoms with Gasteiger partial charge in [-0.1, -0.05) is 11.6 Å². The summed E-state index contributed by atoms with van der Waals surface area (Å²) in [7, 11) is 5.09. The maximum atomic E-state index is 11.7. The summed E-state index contributed by atoms with van der Waals surface area (Å²) in [4.78, 5) is 18.8. The average Bonchev–Trinajstić information content (AvgIpc) is 2.57. The molecule has 1 amide bonds. The summed E-state index contributed by atoms with van der Waals surface area (Å²) in [5, 5.41) is 7.22. The third-order valence-corrected chi connectivity index (χ3v) is 4.41. The van der Waals surface area contributed by atoms with E-state index in [-0.39, 0.29) is 42.5 Å².